The molecule has 3 aromatic rings. The number of ether oxygens (including phenoxy) is 1. The minimum atomic E-state index is -0.609. The Kier molecular flexibility index (Phi) is 7.09. The van der Waals surface area contributed by atoms with Crippen molar-refractivity contribution < 1.29 is 9.13 Å². The van der Waals surface area contributed by atoms with Gasteiger partial charge in [-0.25, -0.2) is 9.37 Å². The average Bonchev–Trinajstić information content (AvgIpc) is 2.86. The third-order valence-electron chi connectivity index (χ3n) is 6.67. The largest absolute Gasteiger partial charge is 0.380 e. The van der Waals surface area contributed by atoms with Crippen LogP contribution in [0.1, 0.15) is 37.3 Å². The van der Waals surface area contributed by atoms with Crippen LogP contribution in [0.15, 0.2) is 47.3 Å². The van der Waals surface area contributed by atoms with Crippen LogP contribution >= 0.6 is 0 Å². The number of piperidine rings is 1. The van der Waals surface area contributed by atoms with E-state index in [-0.39, 0.29) is 11.1 Å². The molecule has 1 aliphatic rings. The van der Waals surface area contributed by atoms with Crippen molar-refractivity contribution in [2.45, 2.75) is 32.8 Å². The van der Waals surface area contributed by atoms with Crippen molar-refractivity contribution >= 4 is 5.82 Å². The van der Waals surface area contributed by atoms with Crippen molar-refractivity contribution in [3.63, 3.8) is 0 Å². The van der Waals surface area contributed by atoms with Gasteiger partial charge in [0, 0.05) is 38.4 Å². The Morgan fingerprint density at radius 2 is 1.82 bits per heavy atom. The first-order valence-electron chi connectivity index (χ1n) is 11.6. The van der Waals surface area contributed by atoms with Crippen LogP contribution < -0.4 is 10.5 Å². The lowest BCUT2D eigenvalue weighted by molar-refractivity contribution is 0.185. The summed E-state index contributed by atoms with van der Waals surface area (Å²) < 4.78 is 21.4. The average molecular weight is 461 g/mol. The summed E-state index contributed by atoms with van der Waals surface area (Å²) in [5.74, 6) is 0.441. The van der Waals surface area contributed by atoms with Crippen molar-refractivity contribution in [2.75, 3.05) is 25.1 Å². The van der Waals surface area contributed by atoms with Gasteiger partial charge < -0.3 is 14.2 Å². The topological polar surface area (TPSA) is 71.2 Å². The van der Waals surface area contributed by atoms with Crippen LogP contribution in [-0.4, -0.2) is 29.8 Å². The van der Waals surface area contributed by atoms with Gasteiger partial charge in [0.25, 0.3) is 5.56 Å². The third kappa shape index (κ3) is 4.59. The number of aromatic nitrogens is 2. The summed E-state index contributed by atoms with van der Waals surface area (Å²) in [6.07, 6.45) is 3.17. The molecule has 6 nitrogen and oxygen atoms in total. The Labute approximate surface area is 199 Å². The summed E-state index contributed by atoms with van der Waals surface area (Å²) in [6, 6.07) is 14.0. The van der Waals surface area contributed by atoms with E-state index in [1.165, 1.54) is 12.1 Å². The highest BCUT2D eigenvalue weighted by Crippen LogP contribution is 2.33. The van der Waals surface area contributed by atoms with Gasteiger partial charge in [-0.1, -0.05) is 43.7 Å². The maximum Gasteiger partial charge on any atom is 0.293 e. The molecule has 34 heavy (non-hydrogen) atoms. The lowest BCUT2D eigenvalue weighted by Gasteiger charge is -2.32. The number of nitriles is 1. The number of anilines is 1. The molecule has 0 radical (unpaired) electrons. The molecule has 176 valence electrons. The van der Waals surface area contributed by atoms with Gasteiger partial charge in [-0.05, 0) is 36.5 Å². The highest BCUT2D eigenvalue weighted by molar-refractivity contribution is 5.79. The predicted molar refractivity (Wildman–Crippen MR) is 131 cm³/mol. The van der Waals surface area contributed by atoms with E-state index < -0.39 is 5.82 Å². The first-order valence-corrected chi connectivity index (χ1v) is 11.6. The molecule has 0 N–H and O–H groups in total. The summed E-state index contributed by atoms with van der Waals surface area (Å²) in [7, 11) is 3.37. The number of methoxy groups -OCH3 is 1. The summed E-state index contributed by atoms with van der Waals surface area (Å²) >= 11 is 0. The molecular formula is C27H29FN4O2. The summed E-state index contributed by atoms with van der Waals surface area (Å²) in [5.41, 5.74) is 3.23. The maximum absolute atomic E-state index is 14.6. The second kappa shape index (κ2) is 10.2. The van der Waals surface area contributed by atoms with Crippen LogP contribution in [0.5, 0.6) is 0 Å². The van der Waals surface area contributed by atoms with Crippen molar-refractivity contribution in [2.24, 2.45) is 13.0 Å². The number of halogens is 1. The fourth-order valence-corrected chi connectivity index (χ4v) is 4.59. The molecule has 0 aliphatic carbocycles. The van der Waals surface area contributed by atoms with Gasteiger partial charge in [-0.2, -0.15) is 5.26 Å². The zero-order valence-corrected chi connectivity index (χ0v) is 19.8. The molecule has 0 atom stereocenters. The van der Waals surface area contributed by atoms with E-state index in [9.17, 15) is 9.18 Å². The quantitative estimate of drug-likeness (QED) is 0.523. The fraction of sp³-hybridized carbons (Fsp3) is 0.370. The van der Waals surface area contributed by atoms with E-state index in [1.54, 1.807) is 24.8 Å². The maximum atomic E-state index is 14.6. The zero-order chi connectivity index (χ0) is 24.2. The molecular weight excluding hydrogens is 431 g/mol. The molecule has 1 aromatic heterocycles. The molecule has 2 aromatic carbocycles. The van der Waals surface area contributed by atoms with E-state index in [0.29, 0.717) is 35.3 Å². The minimum absolute atomic E-state index is 0.0269. The van der Waals surface area contributed by atoms with Crippen LogP contribution in [0.4, 0.5) is 10.2 Å². The number of rotatable bonds is 6. The summed E-state index contributed by atoms with van der Waals surface area (Å²) in [6.45, 7) is 4.22. The first kappa shape index (κ1) is 23.7. The Bertz CT molecular complexity index is 1270. The van der Waals surface area contributed by atoms with E-state index in [2.05, 4.69) is 6.92 Å². The van der Waals surface area contributed by atoms with Gasteiger partial charge in [-0.15, -0.1) is 0 Å². The van der Waals surface area contributed by atoms with Gasteiger partial charge in [-0.3, -0.25) is 4.79 Å². The smallest absolute Gasteiger partial charge is 0.293 e. The SMILES string of the molecule is CCC1CCN(c2nc(-c3ccc(C#N)c(F)c3)c(-c3ccc(COC)cc3)n(C)c2=O)CC1. The van der Waals surface area contributed by atoms with Crippen LogP contribution in [0, 0.1) is 23.1 Å². The molecule has 2 heterocycles. The normalized spacial score (nSPS) is 14.3. The van der Waals surface area contributed by atoms with Crippen molar-refractivity contribution in [3.8, 4) is 28.6 Å². The first-order chi connectivity index (χ1) is 16.5. The Hall–Kier alpha value is -3.50. The van der Waals surface area contributed by atoms with E-state index >= 15 is 0 Å². The van der Waals surface area contributed by atoms with Crippen LogP contribution in [0.25, 0.3) is 22.5 Å². The fourth-order valence-electron chi connectivity index (χ4n) is 4.59. The monoisotopic (exact) mass is 460 g/mol. The Morgan fingerprint density at radius 1 is 1.15 bits per heavy atom. The lowest BCUT2D eigenvalue weighted by Crippen LogP contribution is -2.39. The van der Waals surface area contributed by atoms with Gasteiger partial charge in [0.1, 0.15) is 11.9 Å². The molecule has 7 heteroatoms. The number of nitrogens with zero attached hydrogens (tertiary/aromatic N) is 4. The highest BCUT2D eigenvalue weighted by atomic mass is 19.1. The van der Waals surface area contributed by atoms with Crippen molar-refractivity contribution in [3.05, 3.63) is 69.8 Å². The standard InChI is InChI=1S/C27H29FN4O2/c1-4-18-11-13-32(14-12-18)26-27(33)31(2)25(20-7-5-19(6-8-20)17-34-3)24(30-26)21-9-10-22(16-29)23(28)15-21/h5-10,15,18H,4,11-14,17H2,1-3H3. The molecule has 0 spiro atoms. The Balaban J connectivity index is 1.88. The van der Waals surface area contributed by atoms with Crippen molar-refractivity contribution in [1.82, 2.24) is 9.55 Å². The number of hydrogen-bond donors (Lipinski definition) is 0. The van der Waals surface area contributed by atoms with Gasteiger partial charge in [0.2, 0.25) is 0 Å². The Morgan fingerprint density at radius 3 is 2.41 bits per heavy atom. The second-order valence-corrected chi connectivity index (χ2v) is 8.77. The summed E-state index contributed by atoms with van der Waals surface area (Å²) in [4.78, 5) is 20.3. The van der Waals surface area contributed by atoms with E-state index in [0.717, 1.165) is 43.5 Å². The third-order valence-corrected chi connectivity index (χ3v) is 6.67. The minimum Gasteiger partial charge on any atom is -0.380 e. The highest BCUT2D eigenvalue weighted by Gasteiger charge is 2.25. The predicted octanol–water partition coefficient (Wildman–Crippen LogP) is 4.90. The molecule has 1 aliphatic heterocycles. The molecule has 1 fully saturated rings. The van der Waals surface area contributed by atoms with Crippen LogP contribution in [0.2, 0.25) is 0 Å². The van der Waals surface area contributed by atoms with Crippen LogP contribution in [-0.2, 0) is 18.4 Å². The molecule has 0 amide bonds. The van der Waals surface area contributed by atoms with Gasteiger partial charge >= 0.3 is 0 Å². The number of benzene rings is 2. The van der Waals surface area contributed by atoms with Crippen LogP contribution in [0.3, 0.4) is 0 Å². The second-order valence-electron chi connectivity index (χ2n) is 8.77. The molecule has 1 saturated heterocycles. The van der Waals surface area contributed by atoms with Gasteiger partial charge in [0.05, 0.1) is 23.6 Å². The molecule has 0 unspecified atom stereocenters. The van der Waals surface area contributed by atoms with Crippen molar-refractivity contribution in [1.29, 1.82) is 5.26 Å². The van der Waals surface area contributed by atoms with E-state index in [1.807, 2.05) is 35.2 Å². The zero-order valence-electron chi connectivity index (χ0n) is 19.8. The molecule has 0 saturated carbocycles. The van der Waals surface area contributed by atoms with Gasteiger partial charge in [0.15, 0.2) is 5.82 Å². The van der Waals surface area contributed by atoms with E-state index in [4.69, 9.17) is 15.0 Å². The lowest BCUT2D eigenvalue weighted by atomic mass is 9.94. The molecule has 4 rings (SSSR count). The number of hydrogen-bond acceptors (Lipinski definition) is 5. The summed E-state index contributed by atoms with van der Waals surface area (Å²) in [5, 5.41) is 9.15. The molecule has 0 bridgehead atoms.